The third-order valence-corrected chi connectivity index (χ3v) is 4.50. The number of nitrogens with two attached hydrogens (primary N) is 1. The average Bonchev–Trinajstić information content (AvgIpc) is 2.65. The second kappa shape index (κ2) is 10.1. The number of amides is 3. The number of hydrogen-bond donors (Lipinski definition) is 4. The van der Waals surface area contributed by atoms with Gasteiger partial charge >= 0.3 is 5.97 Å². The molecule has 0 fully saturated rings. The smallest absolute Gasteiger partial charge is 0.303 e. The summed E-state index contributed by atoms with van der Waals surface area (Å²) in [5.41, 5.74) is 6.61. The van der Waals surface area contributed by atoms with Crippen molar-refractivity contribution in [1.82, 2.24) is 0 Å². The first-order valence-electron chi connectivity index (χ1n) is 8.27. The fourth-order valence-corrected chi connectivity index (χ4v) is 2.93. The van der Waals surface area contributed by atoms with Crippen LogP contribution in [-0.2, 0) is 14.4 Å². The van der Waals surface area contributed by atoms with E-state index in [2.05, 4.69) is 10.6 Å². The van der Waals surface area contributed by atoms with Crippen molar-refractivity contribution in [3.8, 4) is 0 Å². The van der Waals surface area contributed by atoms with Crippen molar-refractivity contribution in [2.24, 2.45) is 5.73 Å². The van der Waals surface area contributed by atoms with Crippen molar-refractivity contribution in [1.29, 1.82) is 0 Å². The third-order valence-electron chi connectivity index (χ3n) is 3.51. The van der Waals surface area contributed by atoms with Gasteiger partial charge in [-0.1, -0.05) is 6.07 Å². The summed E-state index contributed by atoms with van der Waals surface area (Å²) in [7, 11) is 0. The first kappa shape index (κ1) is 21.0. The van der Waals surface area contributed by atoms with Gasteiger partial charge in [0, 0.05) is 28.3 Å². The molecule has 2 rings (SSSR count). The van der Waals surface area contributed by atoms with Crippen LogP contribution in [0.3, 0.4) is 0 Å². The molecule has 0 aliphatic heterocycles. The molecular formula is C19H19N3O5S. The number of rotatable bonds is 9. The lowest BCUT2D eigenvalue weighted by Crippen LogP contribution is -2.15. The number of anilines is 2. The molecular weight excluding hydrogens is 382 g/mol. The number of carboxylic acid groups (broad SMARTS) is 1. The van der Waals surface area contributed by atoms with E-state index in [-0.39, 0.29) is 30.4 Å². The van der Waals surface area contributed by atoms with Crippen molar-refractivity contribution in [2.45, 2.75) is 17.7 Å². The SMILES string of the molecule is NC(=O)c1ccc(NC(=O)CSc2cccc(NC(=O)CCC(=O)O)c2)cc1. The van der Waals surface area contributed by atoms with Gasteiger partial charge in [-0.05, 0) is 42.5 Å². The molecule has 0 spiro atoms. The topological polar surface area (TPSA) is 139 Å². The van der Waals surface area contributed by atoms with Gasteiger partial charge in [0.1, 0.15) is 0 Å². The highest BCUT2D eigenvalue weighted by Crippen LogP contribution is 2.22. The largest absolute Gasteiger partial charge is 0.481 e. The van der Waals surface area contributed by atoms with E-state index in [1.54, 1.807) is 36.4 Å². The fraction of sp³-hybridized carbons (Fsp3) is 0.158. The normalized spacial score (nSPS) is 10.1. The summed E-state index contributed by atoms with van der Waals surface area (Å²) < 4.78 is 0. The number of thioether (sulfide) groups is 1. The van der Waals surface area contributed by atoms with Gasteiger partial charge in [0.05, 0.1) is 12.2 Å². The van der Waals surface area contributed by atoms with Gasteiger partial charge < -0.3 is 21.5 Å². The van der Waals surface area contributed by atoms with Crippen molar-refractivity contribution in [3.63, 3.8) is 0 Å². The zero-order valence-electron chi connectivity index (χ0n) is 14.8. The van der Waals surface area contributed by atoms with Crippen molar-refractivity contribution < 1.29 is 24.3 Å². The maximum atomic E-state index is 12.1. The summed E-state index contributed by atoms with van der Waals surface area (Å²) in [6.45, 7) is 0. The van der Waals surface area contributed by atoms with E-state index >= 15 is 0 Å². The summed E-state index contributed by atoms with van der Waals surface area (Å²) in [5, 5.41) is 13.9. The Labute approximate surface area is 165 Å². The van der Waals surface area contributed by atoms with Crippen molar-refractivity contribution >= 4 is 46.8 Å². The highest BCUT2D eigenvalue weighted by molar-refractivity contribution is 8.00. The molecule has 3 amide bonds. The Hall–Kier alpha value is -3.33. The molecule has 0 bridgehead atoms. The first-order chi connectivity index (χ1) is 13.3. The fourth-order valence-electron chi connectivity index (χ4n) is 2.17. The van der Waals surface area contributed by atoms with E-state index in [1.807, 2.05) is 0 Å². The number of benzene rings is 2. The molecule has 146 valence electrons. The molecule has 2 aromatic carbocycles. The summed E-state index contributed by atoms with van der Waals surface area (Å²) in [4.78, 5) is 46.1. The molecule has 0 aromatic heterocycles. The highest BCUT2D eigenvalue weighted by atomic mass is 32.2. The van der Waals surface area contributed by atoms with Crippen LogP contribution in [0.5, 0.6) is 0 Å². The lowest BCUT2D eigenvalue weighted by atomic mass is 10.2. The Morgan fingerprint density at radius 1 is 0.893 bits per heavy atom. The number of carbonyl (C=O) groups is 4. The number of carboxylic acids is 1. The average molecular weight is 401 g/mol. The van der Waals surface area contributed by atoms with Crippen LogP contribution in [0.25, 0.3) is 0 Å². The van der Waals surface area contributed by atoms with Gasteiger partial charge in [0.15, 0.2) is 0 Å². The van der Waals surface area contributed by atoms with E-state index in [0.29, 0.717) is 16.9 Å². The third kappa shape index (κ3) is 7.12. The molecule has 0 unspecified atom stereocenters. The van der Waals surface area contributed by atoms with E-state index < -0.39 is 11.9 Å². The van der Waals surface area contributed by atoms with Gasteiger partial charge in [0.2, 0.25) is 17.7 Å². The van der Waals surface area contributed by atoms with Crippen LogP contribution < -0.4 is 16.4 Å². The number of primary amides is 1. The van der Waals surface area contributed by atoms with E-state index in [1.165, 1.54) is 23.9 Å². The monoisotopic (exact) mass is 401 g/mol. The predicted octanol–water partition coefficient (Wildman–Crippen LogP) is 2.32. The summed E-state index contributed by atoms with van der Waals surface area (Å²) in [6, 6.07) is 13.2. The zero-order chi connectivity index (χ0) is 20.5. The summed E-state index contributed by atoms with van der Waals surface area (Å²) >= 11 is 1.28. The highest BCUT2D eigenvalue weighted by Gasteiger charge is 2.08. The molecule has 0 heterocycles. The Kier molecular flexibility index (Phi) is 7.58. The standard InChI is InChI=1S/C19H19N3O5S/c20-19(27)12-4-6-13(7-5-12)21-17(24)11-28-15-3-1-2-14(10-15)22-16(23)8-9-18(25)26/h1-7,10H,8-9,11H2,(H2,20,27)(H,21,24)(H,22,23)(H,25,26). The van der Waals surface area contributed by atoms with Gasteiger partial charge in [-0.3, -0.25) is 19.2 Å². The Morgan fingerprint density at radius 3 is 2.21 bits per heavy atom. The van der Waals surface area contributed by atoms with Gasteiger partial charge in [-0.25, -0.2) is 0 Å². The van der Waals surface area contributed by atoms with E-state index in [4.69, 9.17) is 10.8 Å². The maximum absolute atomic E-state index is 12.1. The minimum absolute atomic E-state index is 0.107. The van der Waals surface area contributed by atoms with Crippen LogP contribution in [0, 0.1) is 0 Å². The molecule has 9 heteroatoms. The molecule has 0 saturated carbocycles. The van der Waals surface area contributed by atoms with Crippen LogP contribution in [0.1, 0.15) is 23.2 Å². The molecule has 2 aromatic rings. The van der Waals surface area contributed by atoms with E-state index in [0.717, 1.165) is 4.90 Å². The molecule has 5 N–H and O–H groups in total. The summed E-state index contributed by atoms with van der Waals surface area (Å²) in [6.07, 6.45) is -0.343. The van der Waals surface area contributed by atoms with Crippen molar-refractivity contribution in [3.05, 3.63) is 54.1 Å². The van der Waals surface area contributed by atoms with Crippen molar-refractivity contribution in [2.75, 3.05) is 16.4 Å². The Bertz CT molecular complexity index is 883. The molecule has 8 nitrogen and oxygen atoms in total. The molecule has 0 aliphatic rings. The van der Waals surface area contributed by atoms with Gasteiger partial charge in [0.25, 0.3) is 0 Å². The number of aliphatic carboxylic acids is 1. The zero-order valence-corrected chi connectivity index (χ0v) is 15.6. The lowest BCUT2D eigenvalue weighted by Gasteiger charge is -2.08. The summed E-state index contributed by atoms with van der Waals surface area (Å²) in [5.74, 6) is -2.04. The number of nitrogens with one attached hydrogen (secondary N) is 2. The molecule has 28 heavy (non-hydrogen) atoms. The lowest BCUT2D eigenvalue weighted by molar-refractivity contribution is -0.138. The Morgan fingerprint density at radius 2 is 1.57 bits per heavy atom. The number of hydrogen-bond acceptors (Lipinski definition) is 5. The maximum Gasteiger partial charge on any atom is 0.303 e. The molecule has 0 radical (unpaired) electrons. The van der Waals surface area contributed by atoms with Crippen LogP contribution in [0.2, 0.25) is 0 Å². The first-order valence-corrected chi connectivity index (χ1v) is 9.26. The minimum atomic E-state index is -1.03. The number of carbonyl (C=O) groups excluding carboxylic acids is 3. The van der Waals surface area contributed by atoms with Gasteiger partial charge in [-0.2, -0.15) is 0 Å². The van der Waals surface area contributed by atoms with E-state index in [9.17, 15) is 19.2 Å². The molecule has 0 atom stereocenters. The Balaban J connectivity index is 1.84. The minimum Gasteiger partial charge on any atom is -0.481 e. The second-order valence-electron chi connectivity index (χ2n) is 5.75. The van der Waals surface area contributed by atoms with Gasteiger partial charge in [-0.15, -0.1) is 11.8 Å². The predicted molar refractivity (Wildman–Crippen MR) is 106 cm³/mol. The second-order valence-corrected chi connectivity index (χ2v) is 6.80. The quantitative estimate of drug-likeness (QED) is 0.476. The van der Waals surface area contributed by atoms with Crippen LogP contribution >= 0.6 is 11.8 Å². The molecule has 0 saturated heterocycles. The van der Waals surface area contributed by atoms with Crippen LogP contribution in [0.15, 0.2) is 53.4 Å². The molecule has 0 aliphatic carbocycles. The van der Waals surface area contributed by atoms with Crippen LogP contribution in [-0.4, -0.2) is 34.6 Å². The van der Waals surface area contributed by atoms with Crippen LogP contribution in [0.4, 0.5) is 11.4 Å².